The van der Waals surface area contributed by atoms with E-state index in [1.807, 2.05) is 0 Å². The number of nitrogens with one attached hydrogen (secondary N) is 2. The maximum Gasteiger partial charge on any atom is 0.255 e. The fraction of sp³-hybridized carbons (Fsp3) is 0.304. The molecule has 0 aliphatic heterocycles. The maximum atomic E-state index is 13.7. The number of fused-ring (bicyclic) bond motifs is 2. The third kappa shape index (κ3) is 3.82. The average molecular weight is 526 g/mol. The molecule has 4 atom stereocenters. The Kier molecular flexibility index (Phi) is 5.69. The number of aliphatic hydroxyl groups is 1. The van der Waals surface area contributed by atoms with E-state index in [2.05, 4.69) is 15.3 Å². The molecule has 2 unspecified atom stereocenters. The molecule has 184 valence electrons. The van der Waals surface area contributed by atoms with Gasteiger partial charge in [0.1, 0.15) is 11.4 Å². The SMILES string of the molecule is O=C(Nc1cc(F)c(F)c(F)c1)c1ccc(Cl)c(S(=O)(=O)[C@@H]2C3CCC2[C@@](O)(c2ncc[nH]2)C3)c1. The molecule has 2 fully saturated rings. The lowest BCUT2D eigenvalue weighted by Gasteiger charge is -2.30. The fourth-order valence-electron chi connectivity index (χ4n) is 5.41. The number of aromatic nitrogens is 2. The Morgan fingerprint density at radius 2 is 1.89 bits per heavy atom. The van der Waals surface area contributed by atoms with Crippen LogP contribution in [0.15, 0.2) is 47.6 Å². The number of nitrogens with zero attached hydrogens (tertiary/aromatic N) is 1. The van der Waals surface area contributed by atoms with E-state index >= 15 is 0 Å². The summed E-state index contributed by atoms with van der Waals surface area (Å²) in [5.74, 6) is -6.17. The first-order valence-electron chi connectivity index (χ1n) is 10.7. The van der Waals surface area contributed by atoms with Crippen molar-refractivity contribution in [1.29, 1.82) is 0 Å². The summed E-state index contributed by atoms with van der Waals surface area (Å²) in [7, 11) is -4.10. The van der Waals surface area contributed by atoms with Gasteiger partial charge in [0, 0.05) is 41.7 Å². The molecule has 2 saturated carbocycles. The van der Waals surface area contributed by atoms with Gasteiger partial charge in [0.15, 0.2) is 27.3 Å². The quantitative estimate of drug-likeness (QED) is 0.432. The molecule has 2 bridgehead atoms. The molecular weight excluding hydrogens is 507 g/mol. The Morgan fingerprint density at radius 1 is 1.17 bits per heavy atom. The van der Waals surface area contributed by atoms with Gasteiger partial charge in [0.05, 0.1) is 15.2 Å². The monoisotopic (exact) mass is 525 g/mol. The minimum absolute atomic E-state index is 0.103. The van der Waals surface area contributed by atoms with Gasteiger partial charge in [-0.3, -0.25) is 4.79 Å². The number of benzene rings is 2. The van der Waals surface area contributed by atoms with Crippen LogP contribution in [-0.2, 0) is 15.4 Å². The first kappa shape index (κ1) is 23.8. The molecule has 35 heavy (non-hydrogen) atoms. The molecule has 2 aliphatic carbocycles. The van der Waals surface area contributed by atoms with Crippen LogP contribution in [0.4, 0.5) is 18.9 Å². The van der Waals surface area contributed by atoms with Crippen LogP contribution in [-0.4, -0.2) is 34.6 Å². The fourth-order valence-corrected chi connectivity index (χ4v) is 8.31. The van der Waals surface area contributed by atoms with Crippen LogP contribution < -0.4 is 5.32 Å². The smallest absolute Gasteiger partial charge is 0.255 e. The Labute approximate surface area is 203 Å². The summed E-state index contributed by atoms with van der Waals surface area (Å²) in [5, 5.41) is 12.5. The lowest BCUT2D eigenvalue weighted by molar-refractivity contribution is -0.0253. The normalized spacial score (nSPS) is 25.7. The molecular formula is C23H19ClF3N3O4S. The number of hydrogen-bond acceptors (Lipinski definition) is 5. The molecule has 0 saturated heterocycles. The van der Waals surface area contributed by atoms with Gasteiger partial charge in [-0.15, -0.1) is 0 Å². The van der Waals surface area contributed by atoms with Crippen molar-refractivity contribution in [3.8, 4) is 0 Å². The first-order valence-corrected chi connectivity index (χ1v) is 12.7. The van der Waals surface area contributed by atoms with Gasteiger partial charge >= 0.3 is 0 Å². The topological polar surface area (TPSA) is 112 Å². The van der Waals surface area contributed by atoms with Crippen LogP contribution in [0.3, 0.4) is 0 Å². The number of imidazole rings is 1. The highest BCUT2D eigenvalue weighted by molar-refractivity contribution is 7.92. The highest BCUT2D eigenvalue weighted by Crippen LogP contribution is 2.58. The number of carbonyl (C=O) groups is 1. The van der Waals surface area contributed by atoms with Crippen LogP contribution in [0, 0.1) is 29.3 Å². The lowest BCUT2D eigenvalue weighted by atomic mass is 9.83. The second-order valence-corrected chi connectivity index (χ2v) is 11.4. The van der Waals surface area contributed by atoms with Crippen LogP contribution in [0.5, 0.6) is 0 Å². The van der Waals surface area contributed by atoms with Gasteiger partial charge in [-0.05, 0) is 43.4 Å². The number of halogens is 4. The molecule has 3 N–H and O–H groups in total. The Morgan fingerprint density at radius 3 is 2.54 bits per heavy atom. The van der Waals surface area contributed by atoms with E-state index in [0.717, 1.165) is 6.07 Å². The van der Waals surface area contributed by atoms with Crippen molar-refractivity contribution in [3.05, 3.63) is 76.6 Å². The number of amides is 1. The van der Waals surface area contributed by atoms with E-state index in [1.165, 1.54) is 18.3 Å². The van der Waals surface area contributed by atoms with Crippen LogP contribution >= 0.6 is 11.6 Å². The van der Waals surface area contributed by atoms with Crippen molar-refractivity contribution in [2.75, 3.05) is 5.32 Å². The molecule has 1 heterocycles. The molecule has 7 nitrogen and oxygen atoms in total. The second-order valence-electron chi connectivity index (χ2n) is 8.87. The van der Waals surface area contributed by atoms with Gasteiger partial charge in [0.2, 0.25) is 0 Å². The number of aromatic amines is 1. The van der Waals surface area contributed by atoms with E-state index in [-0.39, 0.29) is 33.5 Å². The van der Waals surface area contributed by atoms with E-state index in [9.17, 15) is 31.5 Å². The first-order chi connectivity index (χ1) is 16.5. The number of hydrogen-bond donors (Lipinski definition) is 3. The Hall–Kier alpha value is -2.89. The summed E-state index contributed by atoms with van der Waals surface area (Å²) < 4.78 is 67.6. The summed E-state index contributed by atoms with van der Waals surface area (Å²) in [6.45, 7) is 0. The zero-order chi connectivity index (χ0) is 25.1. The van der Waals surface area contributed by atoms with Crippen LogP contribution in [0.25, 0.3) is 0 Å². The summed E-state index contributed by atoms with van der Waals surface area (Å²) in [6.07, 6.45) is 4.35. The molecule has 0 radical (unpaired) electrons. The number of H-pyrrole nitrogens is 1. The van der Waals surface area contributed by atoms with Crippen molar-refractivity contribution in [3.63, 3.8) is 0 Å². The van der Waals surface area contributed by atoms with Gasteiger partial charge in [0.25, 0.3) is 5.91 Å². The Balaban J connectivity index is 1.46. The summed E-state index contributed by atoms with van der Waals surface area (Å²) in [5.41, 5.74) is -1.91. The minimum Gasteiger partial charge on any atom is -0.382 e. The summed E-state index contributed by atoms with van der Waals surface area (Å²) >= 11 is 6.24. The number of sulfone groups is 1. The summed E-state index contributed by atoms with van der Waals surface area (Å²) in [6, 6.07) is 4.80. The van der Waals surface area contributed by atoms with E-state index in [0.29, 0.717) is 30.8 Å². The molecule has 2 aliphatic rings. The zero-order valence-corrected chi connectivity index (χ0v) is 19.5. The molecule has 12 heteroatoms. The van der Waals surface area contributed by atoms with E-state index in [1.54, 1.807) is 6.20 Å². The predicted molar refractivity (Wildman–Crippen MR) is 120 cm³/mol. The largest absolute Gasteiger partial charge is 0.382 e. The van der Waals surface area contributed by atoms with E-state index in [4.69, 9.17) is 11.6 Å². The van der Waals surface area contributed by atoms with Crippen molar-refractivity contribution in [2.45, 2.75) is 35.0 Å². The average Bonchev–Trinajstić information content (AvgIpc) is 3.54. The second kappa shape index (κ2) is 8.35. The minimum atomic E-state index is -4.10. The van der Waals surface area contributed by atoms with Crippen LogP contribution in [0.2, 0.25) is 5.02 Å². The molecule has 0 spiro atoms. The standard InChI is InChI=1S/C23H19ClF3N3O4S/c24-15-4-2-11(21(31)30-13-8-16(25)19(27)17(26)9-13)7-18(15)35(33,34)20-12-1-3-14(20)23(32,10-12)22-28-5-6-29-22/h2,4-9,12,14,20,32H,1,3,10H2,(H,28,29)(H,30,31)/t12?,14?,20-,23-/m1/s1. The van der Waals surface area contributed by atoms with Crippen molar-refractivity contribution < 1.29 is 31.5 Å². The molecule has 5 rings (SSSR count). The van der Waals surface area contributed by atoms with Gasteiger partial charge < -0.3 is 15.4 Å². The maximum absolute atomic E-state index is 13.7. The van der Waals surface area contributed by atoms with Gasteiger partial charge in [-0.1, -0.05) is 11.6 Å². The molecule has 2 aromatic carbocycles. The predicted octanol–water partition coefficient (Wildman–Crippen LogP) is 4.19. The molecule has 3 aromatic rings. The van der Waals surface area contributed by atoms with Crippen molar-refractivity contribution >= 4 is 33.0 Å². The molecule has 1 aromatic heterocycles. The number of carbonyl (C=O) groups excluding carboxylic acids is 1. The van der Waals surface area contributed by atoms with Crippen LogP contribution in [0.1, 0.15) is 35.4 Å². The van der Waals surface area contributed by atoms with Crippen molar-refractivity contribution in [2.24, 2.45) is 11.8 Å². The zero-order valence-electron chi connectivity index (χ0n) is 17.9. The third-order valence-electron chi connectivity index (χ3n) is 6.90. The highest BCUT2D eigenvalue weighted by Gasteiger charge is 2.62. The Bertz CT molecular complexity index is 1410. The lowest BCUT2D eigenvalue weighted by Crippen LogP contribution is -2.37. The number of rotatable bonds is 5. The summed E-state index contributed by atoms with van der Waals surface area (Å²) in [4.78, 5) is 19.4. The van der Waals surface area contributed by atoms with Gasteiger partial charge in [-0.25, -0.2) is 26.6 Å². The van der Waals surface area contributed by atoms with Gasteiger partial charge in [-0.2, -0.15) is 0 Å². The molecule has 1 amide bonds. The van der Waals surface area contributed by atoms with Crippen molar-refractivity contribution in [1.82, 2.24) is 9.97 Å². The number of anilines is 1. The third-order valence-corrected chi connectivity index (χ3v) is 9.73. The van der Waals surface area contributed by atoms with E-state index < -0.39 is 50.0 Å². The highest BCUT2D eigenvalue weighted by atomic mass is 35.5.